The minimum Gasteiger partial charge on any atom is -0.465 e. The highest BCUT2D eigenvalue weighted by Gasteiger charge is 2.35. The number of rotatable bonds is 7. The Morgan fingerprint density at radius 1 is 0.815 bits per heavy atom. The van der Waals surface area contributed by atoms with Crippen LogP contribution in [0.1, 0.15) is 43.0 Å². The highest BCUT2D eigenvalue weighted by Crippen LogP contribution is 2.38. The summed E-state index contributed by atoms with van der Waals surface area (Å²) >= 11 is 0. The molecule has 0 saturated heterocycles. The Bertz CT molecular complexity index is 2520. The summed E-state index contributed by atoms with van der Waals surface area (Å²) in [6.07, 6.45) is -0.648. The van der Waals surface area contributed by atoms with Gasteiger partial charge in [0, 0.05) is 36.9 Å². The van der Waals surface area contributed by atoms with Gasteiger partial charge < -0.3 is 18.7 Å². The van der Waals surface area contributed by atoms with E-state index in [0.717, 1.165) is 24.4 Å². The number of esters is 1. The maximum Gasteiger partial charge on any atom is 0.417 e. The van der Waals surface area contributed by atoms with Crippen LogP contribution in [0.15, 0.2) is 67.6 Å². The van der Waals surface area contributed by atoms with Gasteiger partial charge in [-0.15, -0.1) is 0 Å². The number of nitrogens with zero attached hydrogens (tertiary/aromatic N) is 8. The molecule has 0 aliphatic carbocycles. The van der Waals surface area contributed by atoms with Crippen LogP contribution in [0.5, 0.6) is 0 Å². The number of imidazole rings is 2. The molecular weight excluding hydrogens is 718 g/mol. The van der Waals surface area contributed by atoms with Crippen molar-refractivity contribution in [3.8, 4) is 22.8 Å². The SMILES string of the molecule is [C-]#[N+]C=Cc1cc2c(C(=O)OC)cc(-c3cncn3C)nc2cc1C(F)(F)F.[C-]#[N+]CCc1cc2c(C=O)cc(-c3cncn3C)nc2cc1C(F)(F)F. The molecule has 0 amide bonds. The van der Waals surface area contributed by atoms with Gasteiger partial charge in [0.25, 0.3) is 0 Å². The normalized spacial score (nSPS) is 11.6. The first kappa shape index (κ1) is 38.4. The number of carbonyl (C=O) groups excluding carboxylic acids is 2. The molecule has 0 unspecified atom stereocenters. The van der Waals surface area contributed by atoms with E-state index in [1.807, 2.05) is 0 Å². The molecule has 4 aromatic heterocycles. The van der Waals surface area contributed by atoms with Crippen LogP contribution in [-0.4, -0.2) is 55.0 Å². The van der Waals surface area contributed by atoms with Gasteiger partial charge in [-0.3, -0.25) is 4.79 Å². The van der Waals surface area contributed by atoms with Crippen molar-refractivity contribution < 1.29 is 40.7 Å². The van der Waals surface area contributed by atoms with Crippen LogP contribution in [0, 0.1) is 13.1 Å². The van der Waals surface area contributed by atoms with E-state index in [4.69, 9.17) is 17.9 Å². The van der Waals surface area contributed by atoms with Gasteiger partial charge >= 0.3 is 18.3 Å². The number of carbonyl (C=O) groups is 2. The average Bonchev–Trinajstić information content (AvgIpc) is 3.77. The van der Waals surface area contributed by atoms with Crippen molar-refractivity contribution >= 4 is 40.1 Å². The number of halogens is 6. The van der Waals surface area contributed by atoms with E-state index in [-0.39, 0.29) is 57.3 Å². The second-order valence-electron chi connectivity index (χ2n) is 11.6. The number of hydrogen-bond donors (Lipinski definition) is 0. The molecule has 0 bridgehead atoms. The van der Waals surface area contributed by atoms with Crippen LogP contribution in [0.25, 0.3) is 60.3 Å². The number of hydrogen-bond acceptors (Lipinski definition) is 7. The summed E-state index contributed by atoms with van der Waals surface area (Å²) in [5, 5.41) is 0.522. The predicted molar refractivity (Wildman–Crippen MR) is 185 cm³/mol. The Kier molecular flexibility index (Phi) is 10.9. The molecule has 11 nitrogen and oxygen atoms in total. The van der Waals surface area contributed by atoms with Crippen molar-refractivity contribution in [2.24, 2.45) is 14.1 Å². The molecular formula is C37H26F6N8O3. The quantitative estimate of drug-likeness (QED) is 0.0700. The van der Waals surface area contributed by atoms with Gasteiger partial charge in [-0.05, 0) is 47.5 Å². The molecule has 6 rings (SSSR count). The number of ether oxygens (including phenoxy) is 1. The number of aryl methyl sites for hydroxylation is 2. The first-order valence-electron chi connectivity index (χ1n) is 15.5. The molecule has 2 aromatic carbocycles. The molecule has 0 saturated carbocycles. The lowest BCUT2D eigenvalue weighted by molar-refractivity contribution is -0.138. The van der Waals surface area contributed by atoms with E-state index in [2.05, 4.69) is 29.6 Å². The Morgan fingerprint density at radius 3 is 1.89 bits per heavy atom. The van der Waals surface area contributed by atoms with Crippen molar-refractivity contribution in [1.29, 1.82) is 0 Å². The third kappa shape index (κ3) is 7.95. The highest BCUT2D eigenvalue weighted by molar-refractivity contribution is 6.05. The predicted octanol–water partition coefficient (Wildman–Crippen LogP) is 8.26. The Morgan fingerprint density at radius 2 is 1.39 bits per heavy atom. The maximum absolute atomic E-state index is 13.5. The summed E-state index contributed by atoms with van der Waals surface area (Å²) < 4.78 is 89.0. The lowest BCUT2D eigenvalue weighted by Gasteiger charge is -2.14. The van der Waals surface area contributed by atoms with Gasteiger partial charge in [0.2, 0.25) is 6.54 Å². The van der Waals surface area contributed by atoms with Gasteiger partial charge in [0.15, 0.2) is 12.5 Å². The second kappa shape index (κ2) is 15.4. The lowest BCUT2D eigenvalue weighted by Crippen LogP contribution is -2.11. The zero-order valence-corrected chi connectivity index (χ0v) is 28.5. The zero-order chi connectivity index (χ0) is 39.4. The Balaban J connectivity index is 0.000000208. The Labute approximate surface area is 302 Å². The van der Waals surface area contributed by atoms with Gasteiger partial charge in [-0.1, -0.05) is 6.08 Å². The summed E-state index contributed by atoms with van der Waals surface area (Å²) in [4.78, 5) is 46.4. The monoisotopic (exact) mass is 744 g/mol. The largest absolute Gasteiger partial charge is 0.465 e. The topological polar surface area (TPSA) is 114 Å². The molecule has 0 fully saturated rings. The van der Waals surface area contributed by atoms with E-state index in [1.165, 1.54) is 56.4 Å². The van der Waals surface area contributed by atoms with Crippen molar-refractivity contribution in [3.05, 3.63) is 124 Å². The minimum absolute atomic E-state index is 0.0146. The molecule has 0 radical (unpaired) electrons. The molecule has 0 aliphatic heterocycles. The summed E-state index contributed by atoms with van der Waals surface area (Å²) in [5.41, 5.74) is 0.0706. The lowest BCUT2D eigenvalue weighted by atomic mass is 9.98. The molecule has 0 spiro atoms. The van der Waals surface area contributed by atoms with Gasteiger partial charge in [-0.2, -0.15) is 26.3 Å². The minimum atomic E-state index is -4.66. The van der Waals surface area contributed by atoms with Crippen LogP contribution >= 0.6 is 0 Å². The fourth-order valence-electron chi connectivity index (χ4n) is 5.63. The van der Waals surface area contributed by atoms with Gasteiger partial charge in [0.1, 0.15) is 0 Å². The molecule has 274 valence electrons. The number of alkyl halides is 6. The number of methoxy groups -OCH3 is 1. The smallest absolute Gasteiger partial charge is 0.417 e. The van der Waals surface area contributed by atoms with E-state index in [0.29, 0.717) is 28.8 Å². The summed E-state index contributed by atoms with van der Waals surface area (Å²) in [5.74, 6) is -0.712. The average molecular weight is 745 g/mol. The van der Waals surface area contributed by atoms with Crippen LogP contribution < -0.4 is 0 Å². The summed E-state index contributed by atoms with van der Waals surface area (Å²) in [6, 6.07) is 7.28. The number of fused-ring (bicyclic) bond motifs is 2. The number of benzene rings is 2. The first-order valence-corrected chi connectivity index (χ1v) is 15.5. The summed E-state index contributed by atoms with van der Waals surface area (Å²) in [6.45, 7) is 13.5. The highest BCUT2D eigenvalue weighted by atomic mass is 19.4. The first-order chi connectivity index (χ1) is 25.6. The van der Waals surface area contributed by atoms with Crippen molar-refractivity contribution in [2.75, 3.05) is 13.7 Å². The summed E-state index contributed by atoms with van der Waals surface area (Å²) in [7, 11) is 4.61. The molecule has 17 heteroatoms. The number of aldehydes is 1. The molecule has 4 heterocycles. The van der Waals surface area contributed by atoms with Crippen LogP contribution in [-0.2, 0) is 37.6 Å². The van der Waals surface area contributed by atoms with Crippen molar-refractivity contribution in [3.63, 3.8) is 0 Å². The van der Waals surface area contributed by atoms with Crippen LogP contribution in [0.3, 0.4) is 0 Å². The Hall–Kier alpha value is -6.88. The standard InChI is InChI=1S/C19H13F3N4O2.C18H13F3N4O/c1-23-5-4-11-6-12-13(18(27)28-3)7-16(17-9-24-10-26(17)2)25-15(12)8-14(11)19(20,21)22;1-22-4-3-11-5-13-12(9-26)6-16(17-8-23-10-25(17)2)24-15(13)7-14(11)18(19,20)21/h4-10H,2-3H3;5-10H,3-4H2,2H3. The van der Waals surface area contributed by atoms with E-state index >= 15 is 0 Å². The van der Waals surface area contributed by atoms with E-state index < -0.39 is 29.4 Å². The molecule has 0 aliphatic rings. The van der Waals surface area contributed by atoms with Gasteiger partial charge in [-0.25, -0.2) is 36.1 Å². The van der Waals surface area contributed by atoms with E-state index in [9.17, 15) is 35.9 Å². The number of pyridine rings is 2. The third-order valence-electron chi connectivity index (χ3n) is 8.17. The molecule has 0 N–H and O–H groups in total. The fraction of sp³-hybridized carbons (Fsp3) is 0.189. The van der Waals surface area contributed by atoms with Crippen molar-refractivity contribution in [2.45, 2.75) is 18.8 Å². The molecule has 0 atom stereocenters. The second-order valence-corrected chi connectivity index (χ2v) is 11.6. The van der Waals surface area contributed by atoms with Crippen LogP contribution in [0.2, 0.25) is 0 Å². The van der Waals surface area contributed by atoms with Gasteiger partial charge in [0.05, 0.1) is 89.2 Å². The maximum atomic E-state index is 13.5. The fourth-order valence-corrected chi connectivity index (χ4v) is 5.63. The van der Waals surface area contributed by atoms with Crippen molar-refractivity contribution in [1.82, 2.24) is 29.1 Å². The van der Waals surface area contributed by atoms with E-state index in [1.54, 1.807) is 23.2 Å². The molecule has 54 heavy (non-hydrogen) atoms. The number of aromatic nitrogens is 6. The molecule has 6 aromatic rings. The van der Waals surface area contributed by atoms with Crippen LogP contribution in [0.4, 0.5) is 26.3 Å². The third-order valence-corrected chi connectivity index (χ3v) is 8.17. The zero-order valence-electron chi connectivity index (χ0n) is 28.5.